The van der Waals surface area contributed by atoms with Crippen LogP contribution in [0.25, 0.3) is 5.57 Å². The van der Waals surface area contributed by atoms with E-state index in [0.29, 0.717) is 0 Å². The smallest absolute Gasteiger partial charge is 0.118 e. The van der Waals surface area contributed by atoms with E-state index < -0.39 is 0 Å². The average molecular weight is 445 g/mol. The standard InChI is InChI=1S/C30H36O3/c1-22(23-8-14-26(31-5)15-9-23)20-30(4,25-12-18-28(33-7)19-13-25)21-29(2,3)24-10-16-27(32-6)17-11-24/h8-20H,21H2,1-7H3/b22-20+/t30-/m1/s1. The van der Waals surface area contributed by atoms with Gasteiger partial charge in [-0.1, -0.05) is 63.2 Å². The Morgan fingerprint density at radius 1 is 0.636 bits per heavy atom. The third-order valence-corrected chi connectivity index (χ3v) is 6.51. The Kier molecular flexibility index (Phi) is 7.53. The van der Waals surface area contributed by atoms with E-state index in [1.165, 1.54) is 22.3 Å². The second-order valence-corrected chi connectivity index (χ2v) is 9.49. The largest absolute Gasteiger partial charge is 0.497 e. The van der Waals surface area contributed by atoms with Gasteiger partial charge in [0.05, 0.1) is 21.3 Å². The van der Waals surface area contributed by atoms with Gasteiger partial charge in [0.15, 0.2) is 0 Å². The third kappa shape index (κ3) is 5.78. The lowest BCUT2D eigenvalue weighted by Gasteiger charge is -2.37. The highest BCUT2D eigenvalue weighted by Gasteiger charge is 2.34. The maximum absolute atomic E-state index is 5.41. The third-order valence-electron chi connectivity index (χ3n) is 6.51. The summed E-state index contributed by atoms with van der Waals surface area (Å²) >= 11 is 0. The number of allylic oxidation sites excluding steroid dienone is 2. The van der Waals surface area contributed by atoms with Crippen molar-refractivity contribution >= 4 is 5.57 Å². The van der Waals surface area contributed by atoms with Crippen LogP contribution in [0.15, 0.2) is 78.9 Å². The Balaban J connectivity index is 2.03. The number of rotatable bonds is 9. The predicted octanol–water partition coefficient (Wildman–Crippen LogP) is 7.44. The molecule has 0 saturated carbocycles. The Hall–Kier alpha value is -3.20. The molecule has 3 rings (SSSR count). The van der Waals surface area contributed by atoms with Crippen molar-refractivity contribution in [3.8, 4) is 17.2 Å². The summed E-state index contributed by atoms with van der Waals surface area (Å²) in [6.07, 6.45) is 3.34. The maximum Gasteiger partial charge on any atom is 0.118 e. The highest BCUT2D eigenvalue weighted by Crippen LogP contribution is 2.42. The molecular weight excluding hydrogens is 408 g/mol. The van der Waals surface area contributed by atoms with E-state index in [1.807, 2.05) is 36.4 Å². The van der Waals surface area contributed by atoms with Gasteiger partial charge in [-0.15, -0.1) is 0 Å². The zero-order chi connectivity index (χ0) is 24.1. The predicted molar refractivity (Wildman–Crippen MR) is 138 cm³/mol. The van der Waals surface area contributed by atoms with Crippen molar-refractivity contribution in [2.24, 2.45) is 0 Å². The second kappa shape index (κ2) is 10.2. The number of hydrogen-bond donors (Lipinski definition) is 0. The molecule has 0 aliphatic carbocycles. The van der Waals surface area contributed by atoms with Crippen molar-refractivity contribution in [3.05, 3.63) is 95.6 Å². The highest BCUT2D eigenvalue weighted by atomic mass is 16.5. The summed E-state index contributed by atoms with van der Waals surface area (Å²) in [5.41, 5.74) is 4.73. The molecule has 0 aliphatic heterocycles. The van der Waals surface area contributed by atoms with Gasteiger partial charge in [0.2, 0.25) is 0 Å². The zero-order valence-electron chi connectivity index (χ0n) is 20.9. The molecule has 3 aromatic rings. The highest BCUT2D eigenvalue weighted by molar-refractivity contribution is 5.66. The number of benzene rings is 3. The molecule has 0 amide bonds. The van der Waals surface area contributed by atoms with Crippen LogP contribution in [0.4, 0.5) is 0 Å². The average Bonchev–Trinajstić information content (AvgIpc) is 2.83. The number of hydrogen-bond acceptors (Lipinski definition) is 3. The lowest BCUT2D eigenvalue weighted by atomic mass is 9.67. The van der Waals surface area contributed by atoms with E-state index in [2.05, 4.69) is 70.2 Å². The molecule has 0 aliphatic rings. The van der Waals surface area contributed by atoms with Crippen LogP contribution in [-0.4, -0.2) is 21.3 Å². The van der Waals surface area contributed by atoms with E-state index in [4.69, 9.17) is 14.2 Å². The zero-order valence-corrected chi connectivity index (χ0v) is 20.9. The van der Waals surface area contributed by atoms with Crippen LogP contribution in [0.5, 0.6) is 17.2 Å². The summed E-state index contributed by atoms with van der Waals surface area (Å²) in [7, 11) is 5.10. The van der Waals surface area contributed by atoms with Gasteiger partial charge in [-0.05, 0) is 77.4 Å². The van der Waals surface area contributed by atoms with Gasteiger partial charge in [0.25, 0.3) is 0 Å². The van der Waals surface area contributed by atoms with Gasteiger partial charge in [0, 0.05) is 5.41 Å². The molecule has 1 atom stereocenters. The molecule has 0 spiro atoms. The Bertz CT molecular complexity index is 1060. The van der Waals surface area contributed by atoms with Gasteiger partial charge >= 0.3 is 0 Å². The molecule has 0 N–H and O–H groups in total. The quantitative estimate of drug-likeness (QED) is 0.343. The first kappa shape index (κ1) is 24.4. The Labute approximate surface area is 199 Å². The minimum absolute atomic E-state index is 0.0579. The fraction of sp³-hybridized carbons (Fsp3) is 0.333. The van der Waals surface area contributed by atoms with Crippen LogP contribution in [-0.2, 0) is 10.8 Å². The van der Waals surface area contributed by atoms with Crippen molar-refractivity contribution in [2.75, 3.05) is 21.3 Å². The molecule has 0 bridgehead atoms. The lowest BCUT2D eigenvalue weighted by molar-refractivity contribution is 0.377. The van der Waals surface area contributed by atoms with Crippen molar-refractivity contribution in [1.29, 1.82) is 0 Å². The van der Waals surface area contributed by atoms with Crippen LogP contribution < -0.4 is 14.2 Å². The van der Waals surface area contributed by atoms with E-state index >= 15 is 0 Å². The summed E-state index contributed by atoms with van der Waals surface area (Å²) in [5.74, 6) is 2.61. The van der Waals surface area contributed by atoms with Crippen LogP contribution >= 0.6 is 0 Å². The molecule has 0 unspecified atom stereocenters. The van der Waals surface area contributed by atoms with Crippen LogP contribution in [0.1, 0.15) is 50.8 Å². The molecule has 0 heterocycles. The molecule has 0 radical (unpaired) electrons. The van der Waals surface area contributed by atoms with E-state index in [9.17, 15) is 0 Å². The molecule has 33 heavy (non-hydrogen) atoms. The Morgan fingerprint density at radius 2 is 1.03 bits per heavy atom. The first-order valence-corrected chi connectivity index (χ1v) is 11.3. The fourth-order valence-corrected chi connectivity index (χ4v) is 4.69. The number of methoxy groups -OCH3 is 3. The summed E-state index contributed by atoms with van der Waals surface area (Å²) < 4.78 is 16.1. The monoisotopic (exact) mass is 444 g/mol. The minimum atomic E-state index is -0.195. The molecule has 3 nitrogen and oxygen atoms in total. The minimum Gasteiger partial charge on any atom is -0.497 e. The normalized spacial score (nSPS) is 13.8. The summed E-state index contributed by atoms with van der Waals surface area (Å²) in [4.78, 5) is 0. The molecule has 174 valence electrons. The van der Waals surface area contributed by atoms with Crippen molar-refractivity contribution in [3.63, 3.8) is 0 Å². The van der Waals surface area contributed by atoms with Crippen LogP contribution in [0.2, 0.25) is 0 Å². The van der Waals surface area contributed by atoms with Gasteiger partial charge in [-0.3, -0.25) is 0 Å². The first-order chi connectivity index (χ1) is 15.7. The van der Waals surface area contributed by atoms with Crippen LogP contribution in [0, 0.1) is 0 Å². The van der Waals surface area contributed by atoms with Crippen LogP contribution in [0.3, 0.4) is 0 Å². The first-order valence-electron chi connectivity index (χ1n) is 11.3. The second-order valence-electron chi connectivity index (χ2n) is 9.49. The van der Waals surface area contributed by atoms with E-state index in [-0.39, 0.29) is 10.8 Å². The lowest BCUT2D eigenvalue weighted by Crippen LogP contribution is -2.31. The van der Waals surface area contributed by atoms with E-state index in [0.717, 1.165) is 23.7 Å². The summed E-state index contributed by atoms with van der Waals surface area (Å²) in [5, 5.41) is 0. The van der Waals surface area contributed by atoms with Crippen molar-refractivity contribution < 1.29 is 14.2 Å². The van der Waals surface area contributed by atoms with Gasteiger partial charge in [-0.2, -0.15) is 0 Å². The van der Waals surface area contributed by atoms with Gasteiger partial charge < -0.3 is 14.2 Å². The maximum atomic E-state index is 5.41. The number of ether oxygens (including phenoxy) is 3. The molecule has 0 fully saturated rings. The molecule has 3 heteroatoms. The fourth-order valence-electron chi connectivity index (χ4n) is 4.69. The van der Waals surface area contributed by atoms with E-state index in [1.54, 1.807) is 21.3 Å². The van der Waals surface area contributed by atoms with Gasteiger partial charge in [-0.25, -0.2) is 0 Å². The summed E-state index contributed by atoms with van der Waals surface area (Å²) in [6.45, 7) is 9.14. The molecule has 0 aromatic heterocycles. The Morgan fingerprint density at radius 3 is 1.45 bits per heavy atom. The van der Waals surface area contributed by atoms with Gasteiger partial charge in [0.1, 0.15) is 17.2 Å². The molecular formula is C30H36O3. The van der Waals surface area contributed by atoms with Crippen molar-refractivity contribution in [2.45, 2.75) is 44.9 Å². The molecule has 3 aromatic carbocycles. The topological polar surface area (TPSA) is 27.7 Å². The molecule has 0 saturated heterocycles. The SMILES string of the molecule is COc1ccc(/C(C)=C/[C@](C)(CC(C)(C)c2ccc(OC)cc2)c2ccc(OC)cc2)cc1. The van der Waals surface area contributed by atoms with Crippen molar-refractivity contribution in [1.82, 2.24) is 0 Å². The summed E-state index contributed by atoms with van der Waals surface area (Å²) in [6, 6.07) is 25.1.